The minimum atomic E-state index is -0.981. The van der Waals surface area contributed by atoms with Crippen LogP contribution in [-0.4, -0.2) is 52.2 Å². The molecule has 0 saturated carbocycles. The van der Waals surface area contributed by atoms with Gasteiger partial charge in [-0.05, 0) is 19.4 Å². The van der Waals surface area contributed by atoms with Crippen molar-refractivity contribution >= 4 is 5.97 Å². The molecule has 1 atom stereocenters. The molecule has 1 unspecified atom stereocenters. The number of aryl methyl sites for hydroxylation is 1. The number of carboxylic acids is 1. The first-order chi connectivity index (χ1) is 9.65. The molecule has 6 nitrogen and oxygen atoms in total. The Morgan fingerprint density at radius 1 is 1.55 bits per heavy atom. The second kappa shape index (κ2) is 6.76. The number of carbonyl (C=O) groups is 1. The molecule has 2 heterocycles. The average molecular weight is 279 g/mol. The molecule has 0 aliphatic carbocycles. The minimum absolute atomic E-state index is 0.163. The summed E-state index contributed by atoms with van der Waals surface area (Å²) in [6.07, 6.45) is 2.91. The highest BCUT2D eigenvalue weighted by Gasteiger charge is 2.25. The summed E-state index contributed by atoms with van der Waals surface area (Å²) < 4.78 is 5.73. The van der Waals surface area contributed by atoms with Crippen LogP contribution in [0.4, 0.5) is 0 Å². The van der Waals surface area contributed by atoms with E-state index in [1.54, 1.807) is 0 Å². The lowest BCUT2D eigenvalue weighted by atomic mass is 10.1. The first-order valence-electron chi connectivity index (χ1n) is 7.08. The Labute approximate surface area is 118 Å². The van der Waals surface area contributed by atoms with E-state index in [0.717, 1.165) is 26.1 Å². The fourth-order valence-corrected chi connectivity index (χ4v) is 2.41. The van der Waals surface area contributed by atoms with Crippen LogP contribution < -0.4 is 0 Å². The van der Waals surface area contributed by atoms with E-state index >= 15 is 0 Å². The molecule has 1 N–H and O–H groups in total. The van der Waals surface area contributed by atoms with Crippen molar-refractivity contribution < 1.29 is 14.6 Å². The number of aromatic nitrogens is 2. The van der Waals surface area contributed by atoms with Crippen LogP contribution in [0.15, 0.2) is 6.20 Å². The van der Waals surface area contributed by atoms with E-state index in [1.807, 2.05) is 6.92 Å². The van der Waals surface area contributed by atoms with Gasteiger partial charge < -0.3 is 9.84 Å². The van der Waals surface area contributed by atoms with Crippen molar-refractivity contribution in [2.24, 2.45) is 0 Å². The van der Waals surface area contributed by atoms with Crippen molar-refractivity contribution in [1.29, 1.82) is 0 Å². The highest BCUT2D eigenvalue weighted by Crippen LogP contribution is 2.20. The van der Waals surface area contributed by atoms with Crippen molar-refractivity contribution in [3.63, 3.8) is 0 Å². The molecular weight excluding hydrogens is 258 g/mol. The number of morpholine rings is 1. The zero-order chi connectivity index (χ0) is 14.5. The molecule has 0 aromatic carbocycles. The van der Waals surface area contributed by atoms with E-state index in [0.29, 0.717) is 24.5 Å². The quantitative estimate of drug-likeness (QED) is 0.880. The molecule has 1 aromatic heterocycles. The summed E-state index contributed by atoms with van der Waals surface area (Å²) in [5, 5.41) is 9.09. The SMILES string of the molecule is CCCN1CCOC(c2ncc(C(=O)O)c(CC)n2)C1. The summed E-state index contributed by atoms with van der Waals surface area (Å²) in [6, 6.07) is 0. The number of ether oxygens (including phenoxy) is 1. The van der Waals surface area contributed by atoms with Crippen LogP contribution >= 0.6 is 0 Å². The first kappa shape index (κ1) is 14.9. The van der Waals surface area contributed by atoms with Crippen LogP contribution in [0.2, 0.25) is 0 Å². The van der Waals surface area contributed by atoms with Crippen molar-refractivity contribution in [3.8, 4) is 0 Å². The molecule has 0 spiro atoms. The molecule has 1 fully saturated rings. The van der Waals surface area contributed by atoms with Gasteiger partial charge in [-0.15, -0.1) is 0 Å². The summed E-state index contributed by atoms with van der Waals surface area (Å²) in [5.41, 5.74) is 0.746. The third-order valence-electron chi connectivity index (χ3n) is 3.43. The van der Waals surface area contributed by atoms with Crippen LogP contribution in [0, 0.1) is 0 Å². The molecule has 1 aliphatic rings. The zero-order valence-corrected chi connectivity index (χ0v) is 12.0. The van der Waals surface area contributed by atoms with Crippen LogP contribution in [-0.2, 0) is 11.2 Å². The Morgan fingerprint density at radius 2 is 2.35 bits per heavy atom. The Morgan fingerprint density at radius 3 is 3.00 bits per heavy atom. The van der Waals surface area contributed by atoms with Gasteiger partial charge in [0.1, 0.15) is 6.10 Å². The first-order valence-corrected chi connectivity index (χ1v) is 7.08. The Balaban J connectivity index is 2.18. The van der Waals surface area contributed by atoms with Crippen molar-refractivity contribution in [2.45, 2.75) is 32.8 Å². The van der Waals surface area contributed by atoms with Gasteiger partial charge in [-0.25, -0.2) is 14.8 Å². The molecule has 0 radical (unpaired) electrons. The topological polar surface area (TPSA) is 75.5 Å². The van der Waals surface area contributed by atoms with Crippen molar-refractivity contribution in [2.75, 3.05) is 26.2 Å². The maximum atomic E-state index is 11.1. The molecule has 20 heavy (non-hydrogen) atoms. The molecule has 6 heteroatoms. The van der Waals surface area contributed by atoms with Gasteiger partial charge in [0, 0.05) is 19.3 Å². The van der Waals surface area contributed by atoms with Crippen LogP contribution in [0.1, 0.15) is 48.2 Å². The standard InChI is InChI=1S/C14H21N3O3/c1-3-5-17-6-7-20-12(9-17)13-15-8-10(14(18)19)11(4-2)16-13/h8,12H,3-7,9H2,1-2H3,(H,18,19). The summed E-state index contributed by atoms with van der Waals surface area (Å²) in [4.78, 5) is 22.0. The number of rotatable bonds is 5. The van der Waals surface area contributed by atoms with E-state index in [2.05, 4.69) is 21.8 Å². The summed E-state index contributed by atoms with van der Waals surface area (Å²) in [5.74, 6) is -0.391. The Bertz CT molecular complexity index is 477. The minimum Gasteiger partial charge on any atom is -0.478 e. The van der Waals surface area contributed by atoms with Crippen LogP contribution in [0.5, 0.6) is 0 Å². The fraction of sp³-hybridized carbons (Fsp3) is 0.643. The van der Waals surface area contributed by atoms with Gasteiger partial charge in [-0.2, -0.15) is 0 Å². The van der Waals surface area contributed by atoms with Crippen molar-refractivity contribution in [3.05, 3.63) is 23.3 Å². The van der Waals surface area contributed by atoms with Gasteiger partial charge in [0.15, 0.2) is 5.82 Å². The highest BCUT2D eigenvalue weighted by molar-refractivity contribution is 5.88. The maximum Gasteiger partial charge on any atom is 0.339 e. The summed E-state index contributed by atoms with van der Waals surface area (Å²) in [6.45, 7) is 7.44. The maximum absolute atomic E-state index is 11.1. The number of nitrogens with zero attached hydrogens (tertiary/aromatic N) is 3. The molecule has 0 bridgehead atoms. The number of carboxylic acid groups (broad SMARTS) is 1. The number of hydrogen-bond acceptors (Lipinski definition) is 5. The normalized spacial score (nSPS) is 20.0. The lowest BCUT2D eigenvalue weighted by Crippen LogP contribution is -2.39. The lowest BCUT2D eigenvalue weighted by Gasteiger charge is -2.31. The molecule has 1 saturated heterocycles. The summed E-state index contributed by atoms with van der Waals surface area (Å²) >= 11 is 0. The third kappa shape index (κ3) is 3.32. The molecular formula is C14H21N3O3. The van der Waals surface area contributed by atoms with E-state index in [4.69, 9.17) is 9.84 Å². The monoisotopic (exact) mass is 279 g/mol. The number of aromatic carboxylic acids is 1. The van der Waals surface area contributed by atoms with Crippen LogP contribution in [0.25, 0.3) is 0 Å². The summed E-state index contributed by atoms with van der Waals surface area (Å²) in [7, 11) is 0. The van der Waals surface area contributed by atoms with Gasteiger partial charge in [-0.1, -0.05) is 13.8 Å². The Kier molecular flexibility index (Phi) is 5.03. The second-order valence-electron chi connectivity index (χ2n) is 4.91. The van der Waals surface area contributed by atoms with E-state index in [-0.39, 0.29) is 11.7 Å². The second-order valence-corrected chi connectivity index (χ2v) is 4.91. The molecule has 1 aliphatic heterocycles. The van der Waals surface area contributed by atoms with E-state index < -0.39 is 5.97 Å². The predicted octanol–water partition coefficient (Wildman–Crippen LogP) is 1.52. The number of hydrogen-bond donors (Lipinski definition) is 1. The van der Waals surface area contributed by atoms with Gasteiger partial charge in [0.25, 0.3) is 0 Å². The highest BCUT2D eigenvalue weighted by atomic mass is 16.5. The fourth-order valence-electron chi connectivity index (χ4n) is 2.41. The van der Waals surface area contributed by atoms with Gasteiger partial charge in [0.2, 0.25) is 0 Å². The third-order valence-corrected chi connectivity index (χ3v) is 3.43. The zero-order valence-electron chi connectivity index (χ0n) is 12.0. The van der Waals surface area contributed by atoms with Gasteiger partial charge in [0.05, 0.1) is 17.9 Å². The van der Waals surface area contributed by atoms with Gasteiger partial charge in [-0.3, -0.25) is 4.90 Å². The van der Waals surface area contributed by atoms with Gasteiger partial charge >= 0.3 is 5.97 Å². The lowest BCUT2D eigenvalue weighted by molar-refractivity contribution is -0.0343. The van der Waals surface area contributed by atoms with Crippen molar-refractivity contribution in [1.82, 2.24) is 14.9 Å². The average Bonchev–Trinajstić information content (AvgIpc) is 2.47. The largest absolute Gasteiger partial charge is 0.478 e. The molecule has 110 valence electrons. The molecule has 2 rings (SSSR count). The Hall–Kier alpha value is -1.53. The molecule has 1 aromatic rings. The van der Waals surface area contributed by atoms with E-state index in [9.17, 15) is 4.79 Å². The smallest absolute Gasteiger partial charge is 0.339 e. The predicted molar refractivity (Wildman–Crippen MR) is 73.8 cm³/mol. The van der Waals surface area contributed by atoms with E-state index in [1.165, 1.54) is 6.20 Å². The van der Waals surface area contributed by atoms with Crippen LogP contribution in [0.3, 0.4) is 0 Å². The molecule has 0 amide bonds.